The van der Waals surface area contributed by atoms with E-state index in [0.717, 1.165) is 25.3 Å². The molecule has 1 aromatic rings. The predicted molar refractivity (Wildman–Crippen MR) is 72.3 cm³/mol. The maximum atomic E-state index is 6.33. The lowest BCUT2D eigenvalue weighted by molar-refractivity contribution is 0.172. The summed E-state index contributed by atoms with van der Waals surface area (Å²) in [5, 5.41) is 3.83. The molecule has 2 aliphatic heterocycles. The lowest BCUT2D eigenvalue weighted by Gasteiger charge is -2.36. The number of piperazine rings is 1. The Morgan fingerprint density at radius 1 is 1.22 bits per heavy atom. The van der Waals surface area contributed by atoms with Crippen molar-refractivity contribution in [1.29, 1.82) is 0 Å². The van der Waals surface area contributed by atoms with Crippen molar-refractivity contribution in [2.75, 3.05) is 37.7 Å². The molecular formula is C12H14Cl2N2O2. The van der Waals surface area contributed by atoms with E-state index in [9.17, 15) is 0 Å². The van der Waals surface area contributed by atoms with Crippen molar-refractivity contribution in [1.82, 2.24) is 5.32 Å². The van der Waals surface area contributed by atoms with E-state index >= 15 is 0 Å². The van der Waals surface area contributed by atoms with Crippen molar-refractivity contribution in [3.63, 3.8) is 0 Å². The molecule has 0 saturated carbocycles. The van der Waals surface area contributed by atoms with Gasteiger partial charge in [-0.15, -0.1) is 0 Å². The molecule has 2 aliphatic rings. The lowest BCUT2D eigenvalue weighted by Crippen LogP contribution is -2.48. The van der Waals surface area contributed by atoms with E-state index < -0.39 is 0 Å². The van der Waals surface area contributed by atoms with Crippen LogP contribution in [-0.2, 0) is 0 Å². The van der Waals surface area contributed by atoms with E-state index in [1.54, 1.807) is 0 Å². The summed E-state index contributed by atoms with van der Waals surface area (Å²) < 4.78 is 11.3. The van der Waals surface area contributed by atoms with Gasteiger partial charge in [0.15, 0.2) is 11.5 Å². The molecule has 0 aliphatic carbocycles. The number of ether oxygens (including phenoxy) is 2. The van der Waals surface area contributed by atoms with E-state index in [1.807, 2.05) is 12.1 Å². The summed E-state index contributed by atoms with van der Waals surface area (Å²) in [7, 11) is 0. The van der Waals surface area contributed by atoms with Crippen LogP contribution in [0.2, 0.25) is 5.02 Å². The highest BCUT2D eigenvalue weighted by molar-refractivity contribution is 6.32. The van der Waals surface area contributed by atoms with Crippen LogP contribution in [0.5, 0.6) is 11.5 Å². The standard InChI is InChI=1S/C12H14Cl2N2O2/c13-8-1-2-9(12-11(8)17-5-6-18-12)16-4-3-15-7-10(16)14/h1-2,10,15H,3-7H2. The van der Waals surface area contributed by atoms with Gasteiger partial charge in [0.2, 0.25) is 0 Å². The van der Waals surface area contributed by atoms with Gasteiger partial charge in [-0.25, -0.2) is 0 Å². The van der Waals surface area contributed by atoms with Gasteiger partial charge in [0, 0.05) is 19.6 Å². The van der Waals surface area contributed by atoms with E-state index in [1.165, 1.54) is 0 Å². The Morgan fingerprint density at radius 2 is 2.00 bits per heavy atom. The Morgan fingerprint density at radius 3 is 2.78 bits per heavy atom. The summed E-state index contributed by atoms with van der Waals surface area (Å²) in [6, 6.07) is 3.77. The van der Waals surface area contributed by atoms with Gasteiger partial charge in [0.25, 0.3) is 0 Å². The summed E-state index contributed by atoms with van der Waals surface area (Å²) in [6.45, 7) is 3.56. The minimum absolute atomic E-state index is 0.0884. The molecule has 2 heterocycles. The number of nitrogens with zero attached hydrogens (tertiary/aromatic N) is 1. The molecule has 1 atom stereocenters. The van der Waals surface area contributed by atoms with Crippen LogP contribution in [0.15, 0.2) is 12.1 Å². The number of rotatable bonds is 1. The van der Waals surface area contributed by atoms with Crippen LogP contribution >= 0.6 is 23.2 Å². The van der Waals surface area contributed by atoms with Crippen molar-refractivity contribution in [2.24, 2.45) is 0 Å². The average molecular weight is 289 g/mol. The quantitative estimate of drug-likeness (QED) is 0.634. The summed E-state index contributed by atoms with van der Waals surface area (Å²) in [5.41, 5.74) is 0.866. The van der Waals surface area contributed by atoms with Crippen molar-refractivity contribution in [3.8, 4) is 11.5 Å². The molecule has 3 rings (SSSR count). The zero-order valence-corrected chi connectivity index (χ0v) is 11.3. The van der Waals surface area contributed by atoms with Crippen LogP contribution in [0, 0.1) is 0 Å². The number of nitrogens with one attached hydrogen (secondary N) is 1. The number of benzene rings is 1. The van der Waals surface area contributed by atoms with Crippen molar-refractivity contribution in [3.05, 3.63) is 17.2 Å². The molecular weight excluding hydrogens is 275 g/mol. The molecule has 0 amide bonds. The van der Waals surface area contributed by atoms with Crippen molar-refractivity contribution < 1.29 is 9.47 Å². The summed E-state index contributed by atoms with van der Waals surface area (Å²) in [5.74, 6) is 1.34. The Hall–Kier alpha value is -0.840. The maximum Gasteiger partial charge on any atom is 0.186 e. The fraction of sp³-hybridized carbons (Fsp3) is 0.500. The van der Waals surface area contributed by atoms with Gasteiger partial charge in [-0.1, -0.05) is 23.2 Å². The normalized spacial score (nSPS) is 23.0. The topological polar surface area (TPSA) is 33.7 Å². The highest BCUT2D eigenvalue weighted by Crippen LogP contribution is 2.45. The van der Waals surface area contributed by atoms with Gasteiger partial charge in [0.05, 0.1) is 10.7 Å². The Kier molecular flexibility index (Phi) is 3.41. The van der Waals surface area contributed by atoms with E-state index in [2.05, 4.69) is 10.2 Å². The first kappa shape index (κ1) is 12.2. The van der Waals surface area contributed by atoms with Gasteiger partial charge in [-0.2, -0.15) is 0 Å². The molecule has 4 nitrogen and oxygen atoms in total. The number of anilines is 1. The summed E-state index contributed by atoms with van der Waals surface area (Å²) >= 11 is 12.5. The largest absolute Gasteiger partial charge is 0.484 e. The molecule has 0 spiro atoms. The number of alkyl halides is 1. The number of hydrogen-bond donors (Lipinski definition) is 1. The monoisotopic (exact) mass is 288 g/mol. The first-order valence-electron chi connectivity index (χ1n) is 5.97. The highest BCUT2D eigenvalue weighted by atomic mass is 35.5. The molecule has 6 heteroatoms. The Balaban J connectivity index is 2.01. The highest BCUT2D eigenvalue weighted by Gasteiger charge is 2.27. The maximum absolute atomic E-state index is 6.33. The first-order valence-corrected chi connectivity index (χ1v) is 6.78. The minimum Gasteiger partial charge on any atom is -0.484 e. The fourth-order valence-electron chi connectivity index (χ4n) is 2.26. The summed E-state index contributed by atoms with van der Waals surface area (Å²) in [4.78, 5) is 2.11. The van der Waals surface area contributed by atoms with Crippen LogP contribution in [0.3, 0.4) is 0 Å². The molecule has 1 saturated heterocycles. The Labute approximate surface area is 116 Å². The predicted octanol–water partition coefficient (Wildman–Crippen LogP) is 2.09. The number of halogens is 2. The van der Waals surface area contributed by atoms with Gasteiger partial charge < -0.3 is 19.7 Å². The second-order valence-electron chi connectivity index (χ2n) is 4.25. The molecule has 0 aromatic heterocycles. The van der Waals surface area contributed by atoms with Crippen molar-refractivity contribution >= 4 is 28.9 Å². The third-order valence-corrected chi connectivity index (χ3v) is 3.80. The van der Waals surface area contributed by atoms with Gasteiger partial charge in [0.1, 0.15) is 18.7 Å². The van der Waals surface area contributed by atoms with Crippen LogP contribution < -0.4 is 19.7 Å². The van der Waals surface area contributed by atoms with Crippen LogP contribution in [0.1, 0.15) is 0 Å². The summed E-state index contributed by atoms with van der Waals surface area (Å²) in [6.07, 6.45) is 0. The van der Waals surface area contributed by atoms with Crippen LogP contribution in [-0.4, -0.2) is 38.3 Å². The van der Waals surface area contributed by atoms with E-state index in [4.69, 9.17) is 32.7 Å². The smallest absolute Gasteiger partial charge is 0.186 e. The third kappa shape index (κ3) is 2.09. The molecule has 0 bridgehead atoms. The number of hydrogen-bond acceptors (Lipinski definition) is 4. The minimum atomic E-state index is -0.0884. The molecule has 1 unspecified atom stereocenters. The second kappa shape index (κ2) is 5.03. The van der Waals surface area contributed by atoms with E-state index in [-0.39, 0.29) is 5.50 Å². The van der Waals surface area contributed by atoms with Gasteiger partial charge >= 0.3 is 0 Å². The molecule has 98 valence electrons. The molecule has 0 radical (unpaired) electrons. The lowest BCUT2D eigenvalue weighted by atomic mass is 10.2. The second-order valence-corrected chi connectivity index (χ2v) is 5.16. The molecule has 1 N–H and O–H groups in total. The first-order chi connectivity index (χ1) is 8.77. The fourth-order valence-corrected chi connectivity index (χ4v) is 2.77. The molecule has 1 fully saturated rings. The SMILES string of the molecule is Clc1ccc(N2CCNCC2Cl)c2c1OCCO2. The third-order valence-electron chi connectivity index (χ3n) is 3.11. The van der Waals surface area contributed by atoms with Crippen LogP contribution in [0.4, 0.5) is 5.69 Å². The van der Waals surface area contributed by atoms with Crippen LogP contribution in [0.25, 0.3) is 0 Å². The van der Waals surface area contributed by atoms with E-state index in [0.29, 0.717) is 29.7 Å². The number of fused-ring (bicyclic) bond motifs is 1. The zero-order valence-electron chi connectivity index (χ0n) is 9.79. The van der Waals surface area contributed by atoms with Gasteiger partial charge in [-0.3, -0.25) is 0 Å². The van der Waals surface area contributed by atoms with Crippen molar-refractivity contribution in [2.45, 2.75) is 5.50 Å². The zero-order chi connectivity index (χ0) is 12.5. The average Bonchev–Trinajstić information content (AvgIpc) is 2.41. The Bertz CT molecular complexity index is 456. The molecule has 1 aromatic carbocycles. The molecule has 18 heavy (non-hydrogen) atoms. The van der Waals surface area contributed by atoms with Gasteiger partial charge in [-0.05, 0) is 12.1 Å².